The summed E-state index contributed by atoms with van der Waals surface area (Å²) in [6.07, 6.45) is -5.85. The molecule has 0 saturated carbocycles. The molecule has 3 rings (SSSR count). The van der Waals surface area contributed by atoms with Crippen LogP contribution in [0.15, 0.2) is 17.5 Å². The molecule has 2 aromatic rings. The molecule has 1 aromatic heterocycles. The molecule has 0 bridgehead atoms. The summed E-state index contributed by atoms with van der Waals surface area (Å²) in [5, 5.41) is 9.01. The number of halogens is 5. The van der Waals surface area contributed by atoms with Crippen LogP contribution < -0.4 is 16.0 Å². The Balaban J connectivity index is 1.86. The van der Waals surface area contributed by atoms with Crippen molar-refractivity contribution in [3.05, 3.63) is 50.2 Å². The number of alkyl halides is 3. The average Bonchev–Trinajstić information content (AvgIpc) is 3.17. The molecule has 168 valence electrons. The second-order valence-corrected chi connectivity index (χ2v) is 8.60. The molecule has 2 unspecified atom stereocenters. The summed E-state index contributed by atoms with van der Waals surface area (Å²) < 4.78 is 53.8. The zero-order valence-electron chi connectivity index (χ0n) is 16.4. The van der Waals surface area contributed by atoms with Crippen LogP contribution in [0.2, 0.25) is 5.02 Å². The number of nitrogens with zero attached hydrogens (tertiary/aromatic N) is 1. The molecule has 3 N–H and O–H groups in total. The molecule has 2 atom stereocenters. The number of benzene rings is 1. The number of aromatic nitrogens is 1. The number of thiazole rings is 1. The molecule has 2 heterocycles. The Labute approximate surface area is 184 Å². The highest BCUT2D eigenvalue weighted by Gasteiger charge is 2.37. The van der Waals surface area contributed by atoms with E-state index in [1.807, 2.05) is 0 Å². The third-order valence-electron chi connectivity index (χ3n) is 4.65. The van der Waals surface area contributed by atoms with Gasteiger partial charge in [-0.1, -0.05) is 31.5 Å². The lowest BCUT2D eigenvalue weighted by molar-refractivity contribution is -0.140. The van der Waals surface area contributed by atoms with Crippen LogP contribution in [-0.4, -0.2) is 16.8 Å². The van der Waals surface area contributed by atoms with E-state index in [-0.39, 0.29) is 45.9 Å². The lowest BCUT2D eigenvalue weighted by Gasteiger charge is -2.32. The number of hydrogen-bond donors (Lipinski definition) is 3. The van der Waals surface area contributed by atoms with Crippen molar-refractivity contribution in [2.75, 3.05) is 0 Å². The summed E-state index contributed by atoms with van der Waals surface area (Å²) in [7, 11) is 0. The zero-order chi connectivity index (χ0) is 22.9. The van der Waals surface area contributed by atoms with Crippen LogP contribution in [0.3, 0.4) is 0 Å². The van der Waals surface area contributed by atoms with E-state index in [9.17, 15) is 22.8 Å². The Hall–Kier alpha value is -2.24. The van der Waals surface area contributed by atoms with Crippen molar-refractivity contribution in [2.45, 2.75) is 45.2 Å². The van der Waals surface area contributed by atoms with Gasteiger partial charge in [-0.05, 0) is 6.07 Å². The van der Waals surface area contributed by atoms with Crippen LogP contribution in [0.5, 0.6) is 0 Å². The van der Waals surface area contributed by atoms with Crippen LogP contribution in [0.25, 0.3) is 0 Å². The van der Waals surface area contributed by atoms with Gasteiger partial charge in [-0.25, -0.2) is 9.37 Å². The summed E-state index contributed by atoms with van der Waals surface area (Å²) in [4.78, 5) is 27.6. The van der Waals surface area contributed by atoms with Gasteiger partial charge in [0.05, 0.1) is 11.1 Å². The second kappa shape index (κ2) is 9.09. The number of carbonyl (C=O) groups is 2. The van der Waals surface area contributed by atoms with Crippen molar-refractivity contribution >= 4 is 34.8 Å². The lowest BCUT2D eigenvalue weighted by atomic mass is 10.0. The van der Waals surface area contributed by atoms with E-state index in [4.69, 9.17) is 11.6 Å². The molecule has 12 heteroatoms. The monoisotopic (exact) mass is 478 g/mol. The second-order valence-electron chi connectivity index (χ2n) is 7.30. The maximum Gasteiger partial charge on any atom is 0.434 e. The van der Waals surface area contributed by atoms with E-state index in [1.54, 1.807) is 13.8 Å². The molecule has 1 fully saturated rings. The third-order valence-corrected chi connectivity index (χ3v) is 5.93. The number of hydrogen-bond acceptors (Lipinski definition) is 5. The Morgan fingerprint density at radius 3 is 2.71 bits per heavy atom. The van der Waals surface area contributed by atoms with Gasteiger partial charge >= 0.3 is 6.18 Å². The fraction of sp³-hybridized carbons (Fsp3) is 0.421. The first-order valence-electron chi connectivity index (χ1n) is 9.30. The number of nitrogens with one attached hydrogen (secondary N) is 3. The Bertz CT molecular complexity index is 996. The SMILES string of the molecule is CC(C)C(=O)NCc1ccc(Cl)c(C2NC(=O)CC(c3nc(C(F)(F)F)cs3)N2)c1F. The van der Waals surface area contributed by atoms with E-state index in [0.29, 0.717) is 0 Å². The standard InChI is InChI=1S/C19H19ClF4N4O2S/c1-8(2)17(30)25-6-9-3-4-10(20)14(15(9)21)16-26-11(5-13(29)28-16)18-27-12(7-31-18)19(22,23)24/h3-4,7-8,11,16,26H,5-6H2,1-2H3,(H,25,30)(H,28,29). The smallest absolute Gasteiger partial charge is 0.352 e. The van der Waals surface area contributed by atoms with Crippen molar-refractivity contribution in [3.63, 3.8) is 0 Å². The first-order valence-corrected chi connectivity index (χ1v) is 10.6. The van der Waals surface area contributed by atoms with Gasteiger partial charge in [-0.2, -0.15) is 13.2 Å². The van der Waals surface area contributed by atoms with Crippen molar-refractivity contribution in [3.8, 4) is 0 Å². The van der Waals surface area contributed by atoms with E-state index < -0.39 is 35.8 Å². The predicted octanol–water partition coefficient (Wildman–Crippen LogP) is 4.08. The molecule has 1 saturated heterocycles. The summed E-state index contributed by atoms with van der Waals surface area (Å²) in [6, 6.07) is 2.00. The zero-order valence-corrected chi connectivity index (χ0v) is 18.0. The molecule has 31 heavy (non-hydrogen) atoms. The molecule has 1 aliphatic heterocycles. The number of amides is 2. The predicted molar refractivity (Wildman–Crippen MR) is 107 cm³/mol. The van der Waals surface area contributed by atoms with Gasteiger partial charge in [-0.15, -0.1) is 11.3 Å². The van der Waals surface area contributed by atoms with Gasteiger partial charge in [0, 0.05) is 35.4 Å². The van der Waals surface area contributed by atoms with E-state index in [1.165, 1.54) is 12.1 Å². The maximum atomic E-state index is 15.2. The van der Waals surface area contributed by atoms with E-state index >= 15 is 4.39 Å². The first kappa shape index (κ1) is 23.4. The number of carbonyl (C=O) groups excluding carboxylic acids is 2. The van der Waals surface area contributed by atoms with Crippen molar-refractivity contribution in [1.29, 1.82) is 0 Å². The molecular weight excluding hydrogens is 460 g/mol. The Morgan fingerprint density at radius 2 is 2.10 bits per heavy atom. The van der Waals surface area contributed by atoms with Crippen LogP contribution in [0.4, 0.5) is 17.6 Å². The molecule has 2 amide bonds. The summed E-state index contributed by atoms with van der Waals surface area (Å²) >= 11 is 6.93. The average molecular weight is 479 g/mol. The van der Waals surface area contributed by atoms with Gasteiger partial charge in [0.2, 0.25) is 11.8 Å². The first-order chi connectivity index (χ1) is 14.5. The van der Waals surface area contributed by atoms with E-state index in [0.717, 1.165) is 16.7 Å². The normalized spacial score (nSPS) is 19.4. The van der Waals surface area contributed by atoms with Gasteiger partial charge in [0.25, 0.3) is 0 Å². The Kier molecular flexibility index (Phi) is 6.87. The van der Waals surface area contributed by atoms with Gasteiger partial charge in [0.1, 0.15) is 17.0 Å². The van der Waals surface area contributed by atoms with Crippen LogP contribution in [-0.2, 0) is 22.3 Å². The third kappa shape index (κ3) is 5.34. The van der Waals surface area contributed by atoms with E-state index in [2.05, 4.69) is 20.9 Å². The van der Waals surface area contributed by atoms with Crippen LogP contribution in [0, 0.1) is 11.7 Å². The molecule has 0 spiro atoms. The van der Waals surface area contributed by atoms with Gasteiger partial charge in [0.15, 0.2) is 5.69 Å². The molecular formula is C19H19ClF4N4O2S. The lowest BCUT2D eigenvalue weighted by Crippen LogP contribution is -2.47. The fourth-order valence-electron chi connectivity index (χ4n) is 3.00. The molecule has 0 radical (unpaired) electrons. The summed E-state index contributed by atoms with van der Waals surface area (Å²) in [5.41, 5.74) is -0.965. The van der Waals surface area contributed by atoms with Crippen molar-refractivity contribution < 1.29 is 27.2 Å². The highest BCUT2D eigenvalue weighted by Crippen LogP contribution is 2.35. The molecule has 0 aliphatic carbocycles. The largest absolute Gasteiger partial charge is 0.434 e. The van der Waals surface area contributed by atoms with Crippen LogP contribution in [0.1, 0.15) is 54.3 Å². The van der Waals surface area contributed by atoms with Crippen molar-refractivity contribution in [1.82, 2.24) is 20.9 Å². The minimum absolute atomic E-state index is 0.0185. The highest BCUT2D eigenvalue weighted by atomic mass is 35.5. The van der Waals surface area contributed by atoms with Crippen LogP contribution >= 0.6 is 22.9 Å². The van der Waals surface area contributed by atoms with Gasteiger partial charge < -0.3 is 10.6 Å². The fourth-order valence-corrected chi connectivity index (χ4v) is 4.14. The summed E-state index contributed by atoms with van der Waals surface area (Å²) in [5.74, 6) is -1.77. The van der Waals surface area contributed by atoms with Gasteiger partial charge in [-0.3, -0.25) is 14.9 Å². The Morgan fingerprint density at radius 1 is 1.39 bits per heavy atom. The molecule has 1 aliphatic rings. The minimum Gasteiger partial charge on any atom is -0.352 e. The quantitative estimate of drug-likeness (QED) is 0.566. The number of rotatable bonds is 5. The topological polar surface area (TPSA) is 83.1 Å². The summed E-state index contributed by atoms with van der Waals surface area (Å²) in [6.45, 7) is 3.31. The molecule has 1 aromatic carbocycles. The van der Waals surface area contributed by atoms with Crippen molar-refractivity contribution in [2.24, 2.45) is 5.92 Å². The molecule has 6 nitrogen and oxygen atoms in total. The minimum atomic E-state index is -4.60. The maximum absolute atomic E-state index is 15.2. The highest BCUT2D eigenvalue weighted by molar-refractivity contribution is 7.09.